The molecule has 7 heteroatoms. The van der Waals surface area contributed by atoms with Crippen molar-refractivity contribution in [2.75, 3.05) is 19.7 Å². The summed E-state index contributed by atoms with van der Waals surface area (Å²) in [6, 6.07) is 5.90. The number of carbonyl (C=O) groups excluding carboxylic acids is 1. The molecule has 0 atom stereocenters. The molecule has 21 heavy (non-hydrogen) atoms. The minimum absolute atomic E-state index is 0.0719. The van der Waals surface area contributed by atoms with Gasteiger partial charge in [-0.25, -0.2) is 13.2 Å². The van der Waals surface area contributed by atoms with Crippen LogP contribution in [0.1, 0.15) is 30.1 Å². The second-order valence-electron chi connectivity index (χ2n) is 4.99. The summed E-state index contributed by atoms with van der Waals surface area (Å²) in [6.45, 7) is 2.87. The summed E-state index contributed by atoms with van der Waals surface area (Å²) in [5.74, 6) is -0.453. The van der Waals surface area contributed by atoms with Gasteiger partial charge in [0.1, 0.15) is 0 Å². The molecule has 1 fully saturated rings. The number of ether oxygens (including phenoxy) is 1. The van der Waals surface area contributed by atoms with Gasteiger partial charge in [-0.1, -0.05) is 0 Å². The van der Waals surface area contributed by atoms with Crippen molar-refractivity contribution in [1.82, 2.24) is 4.31 Å². The van der Waals surface area contributed by atoms with E-state index in [0.29, 0.717) is 31.5 Å². The molecule has 2 rings (SSSR count). The monoisotopic (exact) mass is 312 g/mol. The molecule has 0 radical (unpaired) electrons. The molecule has 1 saturated heterocycles. The lowest BCUT2D eigenvalue weighted by molar-refractivity contribution is 0.0526. The van der Waals surface area contributed by atoms with E-state index in [1.54, 1.807) is 6.92 Å². The second-order valence-corrected chi connectivity index (χ2v) is 6.92. The fraction of sp³-hybridized carbons (Fsp3) is 0.500. The van der Waals surface area contributed by atoms with E-state index in [4.69, 9.17) is 10.5 Å². The zero-order valence-corrected chi connectivity index (χ0v) is 12.8. The number of rotatable bonds is 4. The summed E-state index contributed by atoms with van der Waals surface area (Å²) in [7, 11) is -3.51. The van der Waals surface area contributed by atoms with Crippen molar-refractivity contribution < 1.29 is 17.9 Å². The van der Waals surface area contributed by atoms with Gasteiger partial charge < -0.3 is 10.5 Å². The number of hydrogen-bond acceptors (Lipinski definition) is 5. The molecule has 2 N–H and O–H groups in total. The van der Waals surface area contributed by atoms with Crippen LogP contribution in [0.5, 0.6) is 0 Å². The first kappa shape index (κ1) is 15.9. The van der Waals surface area contributed by atoms with Crippen molar-refractivity contribution >= 4 is 16.0 Å². The van der Waals surface area contributed by atoms with Crippen molar-refractivity contribution in [2.45, 2.75) is 30.7 Å². The summed E-state index contributed by atoms with van der Waals surface area (Å²) >= 11 is 0. The quantitative estimate of drug-likeness (QED) is 0.837. The molecule has 1 aromatic carbocycles. The highest BCUT2D eigenvalue weighted by atomic mass is 32.2. The van der Waals surface area contributed by atoms with E-state index in [2.05, 4.69) is 0 Å². The number of hydrogen-bond donors (Lipinski definition) is 1. The van der Waals surface area contributed by atoms with Crippen LogP contribution in [-0.4, -0.2) is 44.4 Å². The van der Waals surface area contributed by atoms with E-state index in [1.165, 1.54) is 28.6 Å². The molecule has 0 amide bonds. The maximum Gasteiger partial charge on any atom is 0.338 e. The Bertz CT molecular complexity index is 590. The number of nitrogens with zero attached hydrogens (tertiary/aromatic N) is 1. The number of piperidine rings is 1. The van der Waals surface area contributed by atoms with Crippen molar-refractivity contribution in [1.29, 1.82) is 0 Å². The van der Waals surface area contributed by atoms with Crippen molar-refractivity contribution in [3.05, 3.63) is 29.8 Å². The molecule has 6 nitrogen and oxygen atoms in total. The van der Waals surface area contributed by atoms with Gasteiger partial charge in [-0.05, 0) is 44.0 Å². The smallest absolute Gasteiger partial charge is 0.338 e. The highest BCUT2D eigenvalue weighted by Gasteiger charge is 2.28. The highest BCUT2D eigenvalue weighted by Crippen LogP contribution is 2.20. The highest BCUT2D eigenvalue weighted by molar-refractivity contribution is 7.89. The molecule has 1 heterocycles. The Balaban J connectivity index is 2.15. The van der Waals surface area contributed by atoms with Gasteiger partial charge in [-0.3, -0.25) is 0 Å². The van der Waals surface area contributed by atoms with Crippen molar-refractivity contribution in [3.8, 4) is 0 Å². The summed E-state index contributed by atoms with van der Waals surface area (Å²) in [5, 5.41) is 0. The van der Waals surface area contributed by atoms with Gasteiger partial charge in [0.2, 0.25) is 10.0 Å². The third-order valence-electron chi connectivity index (χ3n) is 3.50. The van der Waals surface area contributed by atoms with E-state index in [-0.39, 0.29) is 17.5 Å². The molecule has 0 aliphatic carbocycles. The standard InChI is InChI=1S/C14H20N2O4S/c1-2-20-14(17)11-3-5-13(6-4-11)21(18,19)16-9-7-12(15)8-10-16/h3-6,12H,2,7-10,15H2,1H3. The largest absolute Gasteiger partial charge is 0.462 e. The second kappa shape index (κ2) is 6.55. The first-order valence-electron chi connectivity index (χ1n) is 6.98. The van der Waals surface area contributed by atoms with Gasteiger partial charge in [-0.2, -0.15) is 4.31 Å². The molecule has 0 aromatic heterocycles. The summed E-state index contributed by atoms with van der Waals surface area (Å²) in [5.41, 5.74) is 6.13. The molecular formula is C14H20N2O4S. The van der Waals surface area contributed by atoms with Crippen molar-refractivity contribution in [2.24, 2.45) is 5.73 Å². The van der Waals surface area contributed by atoms with Crippen LogP contribution in [0.4, 0.5) is 0 Å². The average Bonchev–Trinajstić information content (AvgIpc) is 2.48. The number of sulfonamides is 1. The van der Waals surface area contributed by atoms with Crippen LogP contribution < -0.4 is 5.73 Å². The molecule has 1 aliphatic rings. The van der Waals surface area contributed by atoms with Crippen LogP contribution in [0.2, 0.25) is 0 Å². The first-order valence-corrected chi connectivity index (χ1v) is 8.42. The van der Waals surface area contributed by atoms with E-state index in [1.807, 2.05) is 0 Å². The maximum atomic E-state index is 12.5. The molecule has 116 valence electrons. The lowest BCUT2D eigenvalue weighted by Gasteiger charge is -2.29. The van der Waals surface area contributed by atoms with Crippen LogP contribution in [0, 0.1) is 0 Å². The zero-order chi connectivity index (χ0) is 15.5. The molecular weight excluding hydrogens is 292 g/mol. The summed E-state index contributed by atoms with van der Waals surface area (Å²) in [6.07, 6.45) is 1.33. The first-order chi connectivity index (χ1) is 9.95. The number of carbonyl (C=O) groups is 1. The number of benzene rings is 1. The van der Waals surface area contributed by atoms with Gasteiger partial charge in [0.15, 0.2) is 0 Å². The fourth-order valence-corrected chi connectivity index (χ4v) is 3.71. The minimum atomic E-state index is -3.51. The lowest BCUT2D eigenvalue weighted by atomic mass is 10.1. The Kier molecular flexibility index (Phi) is 4.97. The molecule has 0 bridgehead atoms. The molecule has 0 spiro atoms. The molecule has 1 aromatic rings. The van der Waals surface area contributed by atoms with Gasteiger partial charge in [0.05, 0.1) is 17.1 Å². The Hall–Kier alpha value is -1.44. The van der Waals surface area contributed by atoms with Gasteiger partial charge in [0, 0.05) is 19.1 Å². The Morgan fingerprint density at radius 3 is 2.38 bits per heavy atom. The Labute approximate surface area is 124 Å². The van der Waals surface area contributed by atoms with E-state index < -0.39 is 16.0 Å². The van der Waals surface area contributed by atoms with Crippen LogP contribution in [0.25, 0.3) is 0 Å². The fourth-order valence-electron chi connectivity index (χ4n) is 2.24. The molecule has 0 unspecified atom stereocenters. The van der Waals surface area contributed by atoms with Gasteiger partial charge in [0.25, 0.3) is 0 Å². The Morgan fingerprint density at radius 1 is 1.29 bits per heavy atom. The number of esters is 1. The van der Waals surface area contributed by atoms with E-state index in [9.17, 15) is 13.2 Å². The average molecular weight is 312 g/mol. The normalized spacial score (nSPS) is 17.6. The van der Waals surface area contributed by atoms with Gasteiger partial charge in [-0.15, -0.1) is 0 Å². The number of nitrogens with two attached hydrogens (primary N) is 1. The predicted molar refractivity (Wildman–Crippen MR) is 78.4 cm³/mol. The molecule has 1 aliphatic heterocycles. The van der Waals surface area contributed by atoms with Crippen LogP contribution in [0.15, 0.2) is 29.2 Å². The van der Waals surface area contributed by atoms with Crippen LogP contribution >= 0.6 is 0 Å². The zero-order valence-electron chi connectivity index (χ0n) is 12.0. The lowest BCUT2D eigenvalue weighted by Crippen LogP contribution is -2.42. The van der Waals surface area contributed by atoms with Crippen molar-refractivity contribution in [3.63, 3.8) is 0 Å². The van der Waals surface area contributed by atoms with Crippen LogP contribution in [-0.2, 0) is 14.8 Å². The SMILES string of the molecule is CCOC(=O)c1ccc(S(=O)(=O)N2CCC(N)CC2)cc1. The van der Waals surface area contributed by atoms with E-state index >= 15 is 0 Å². The van der Waals surface area contributed by atoms with E-state index in [0.717, 1.165) is 0 Å². The third-order valence-corrected chi connectivity index (χ3v) is 5.41. The molecule has 0 saturated carbocycles. The maximum absolute atomic E-state index is 12.5. The summed E-state index contributed by atoms with van der Waals surface area (Å²) in [4.78, 5) is 11.7. The Morgan fingerprint density at radius 2 is 1.86 bits per heavy atom. The topological polar surface area (TPSA) is 89.7 Å². The third kappa shape index (κ3) is 3.61. The van der Waals surface area contributed by atoms with Gasteiger partial charge >= 0.3 is 5.97 Å². The minimum Gasteiger partial charge on any atom is -0.462 e. The predicted octanol–water partition coefficient (Wildman–Crippen LogP) is 0.975. The van der Waals surface area contributed by atoms with Crippen LogP contribution in [0.3, 0.4) is 0 Å². The summed E-state index contributed by atoms with van der Waals surface area (Å²) < 4.78 is 31.2.